The quantitative estimate of drug-likeness (QED) is 0.576. The Bertz CT molecular complexity index is 556. The minimum atomic E-state index is -0.605. The molecule has 1 unspecified atom stereocenters. The van der Waals surface area contributed by atoms with Crippen molar-refractivity contribution < 1.29 is 4.43 Å². The molecule has 0 bridgehead atoms. The molecule has 2 aromatic carbocycles. The van der Waals surface area contributed by atoms with Gasteiger partial charge in [-0.3, -0.25) is 0 Å². The zero-order valence-corrected chi connectivity index (χ0v) is 16.5. The third kappa shape index (κ3) is 3.40. The lowest BCUT2D eigenvalue weighted by Gasteiger charge is -2.42. The first-order valence-electron chi connectivity index (χ1n) is 8.59. The fraction of sp³-hybridized carbons (Fsp3) is 0.400. The maximum Gasteiger partial charge on any atom is 0.146 e. The van der Waals surface area contributed by atoms with Gasteiger partial charge in [-0.15, -0.1) is 11.6 Å². The first kappa shape index (κ1) is 16.8. The van der Waals surface area contributed by atoms with Crippen LogP contribution < -0.4 is 0 Å². The molecule has 122 valence electrons. The van der Waals surface area contributed by atoms with Crippen LogP contribution in [0.3, 0.4) is 0 Å². The molecule has 0 radical (unpaired) electrons. The Morgan fingerprint density at radius 3 is 1.78 bits per heavy atom. The molecule has 3 heteroatoms. The molecular weight excluding hydrogens is 320 g/mol. The van der Waals surface area contributed by atoms with Gasteiger partial charge in [0.2, 0.25) is 0 Å². The lowest BCUT2D eigenvalue weighted by atomic mass is 9.75. The van der Waals surface area contributed by atoms with Crippen LogP contribution in [0.15, 0.2) is 60.7 Å². The molecule has 2 aromatic rings. The number of hydrogen-bond donors (Lipinski definition) is 0. The number of alkyl halides is 1. The highest BCUT2D eigenvalue weighted by atomic mass is 35.5. The molecule has 1 fully saturated rings. The minimum absolute atomic E-state index is 0.0425. The largest absolute Gasteiger partial charge is 0.422 e. The topological polar surface area (TPSA) is 9.23 Å². The maximum absolute atomic E-state index is 7.39. The Balaban J connectivity index is 2.07. The molecule has 0 saturated heterocycles. The van der Waals surface area contributed by atoms with Gasteiger partial charge in [0.25, 0.3) is 0 Å². The van der Waals surface area contributed by atoms with Crippen LogP contribution >= 0.6 is 11.6 Å². The average molecular weight is 345 g/mol. The van der Waals surface area contributed by atoms with Gasteiger partial charge in [0.1, 0.15) is 15.4 Å². The van der Waals surface area contributed by atoms with Crippen LogP contribution in [0.25, 0.3) is 0 Å². The molecule has 0 amide bonds. The van der Waals surface area contributed by atoms with E-state index in [0.29, 0.717) is 16.4 Å². The van der Waals surface area contributed by atoms with E-state index in [0.717, 1.165) is 11.1 Å². The van der Waals surface area contributed by atoms with E-state index in [4.69, 9.17) is 16.0 Å². The summed E-state index contributed by atoms with van der Waals surface area (Å²) in [5, 5.41) is 0. The molecule has 1 saturated carbocycles. The third-order valence-electron chi connectivity index (χ3n) is 5.11. The molecule has 1 aliphatic rings. The highest BCUT2D eigenvalue weighted by Gasteiger charge is 2.44. The van der Waals surface area contributed by atoms with Crippen molar-refractivity contribution in [3.8, 4) is 0 Å². The van der Waals surface area contributed by atoms with E-state index in [1.54, 1.807) is 0 Å². The van der Waals surface area contributed by atoms with Crippen molar-refractivity contribution in [2.45, 2.75) is 43.1 Å². The molecule has 1 atom stereocenters. The number of rotatable bonds is 5. The Labute approximate surface area is 147 Å². The first-order valence-corrected chi connectivity index (χ1v) is 9.79. The van der Waals surface area contributed by atoms with Crippen LogP contribution in [0.5, 0.6) is 0 Å². The van der Waals surface area contributed by atoms with Gasteiger partial charge in [-0.05, 0) is 29.9 Å². The molecular formula is C20H25ClOSi. The second-order valence-electron chi connectivity index (χ2n) is 6.50. The summed E-state index contributed by atoms with van der Waals surface area (Å²) in [6, 6.07) is 20.9. The van der Waals surface area contributed by atoms with Crippen molar-refractivity contribution in [3.63, 3.8) is 0 Å². The van der Waals surface area contributed by atoms with E-state index in [-0.39, 0.29) is 6.10 Å². The molecule has 0 heterocycles. The number of hydrogen-bond acceptors (Lipinski definition) is 1. The number of benzene rings is 2. The van der Waals surface area contributed by atoms with E-state index < -0.39 is 4.87 Å². The molecule has 23 heavy (non-hydrogen) atoms. The lowest BCUT2D eigenvalue weighted by molar-refractivity contribution is 0.0889. The third-order valence-corrected chi connectivity index (χ3v) is 6.27. The summed E-state index contributed by atoms with van der Waals surface area (Å²) in [4.78, 5) is -0.605. The Morgan fingerprint density at radius 2 is 1.35 bits per heavy atom. The molecule has 1 nitrogen and oxygen atoms in total. The monoisotopic (exact) mass is 344 g/mol. The average Bonchev–Trinajstić information content (AvgIpc) is 2.64. The smallest absolute Gasteiger partial charge is 0.146 e. The summed E-state index contributed by atoms with van der Waals surface area (Å²) in [5.41, 5.74) is 2.28. The van der Waals surface area contributed by atoms with Crippen molar-refractivity contribution in [2.24, 2.45) is 5.92 Å². The van der Waals surface area contributed by atoms with Crippen LogP contribution in [0.1, 0.15) is 43.2 Å². The Morgan fingerprint density at radius 1 is 0.870 bits per heavy atom. The van der Waals surface area contributed by atoms with Gasteiger partial charge in [-0.2, -0.15) is 0 Å². The second-order valence-corrected chi connectivity index (χ2v) is 7.57. The molecule has 0 aliphatic heterocycles. The van der Waals surface area contributed by atoms with Crippen LogP contribution in [0.4, 0.5) is 0 Å². The van der Waals surface area contributed by atoms with Gasteiger partial charge >= 0.3 is 0 Å². The van der Waals surface area contributed by atoms with Crippen molar-refractivity contribution in [3.05, 3.63) is 71.8 Å². The molecule has 0 N–H and O–H groups in total. The van der Waals surface area contributed by atoms with E-state index in [1.165, 1.54) is 32.1 Å². The van der Waals surface area contributed by atoms with Crippen LogP contribution in [-0.4, -0.2) is 16.6 Å². The summed E-state index contributed by atoms with van der Waals surface area (Å²) in [5.74, 6) is 0.541. The van der Waals surface area contributed by atoms with E-state index in [2.05, 4.69) is 48.5 Å². The van der Waals surface area contributed by atoms with Gasteiger partial charge in [0.05, 0.1) is 6.10 Å². The molecule has 3 rings (SSSR count). The fourth-order valence-electron chi connectivity index (χ4n) is 3.97. The predicted octanol–water partition coefficient (Wildman–Crippen LogP) is 4.41. The molecule has 0 aromatic heterocycles. The summed E-state index contributed by atoms with van der Waals surface area (Å²) < 4.78 is 6.17. The fourth-order valence-corrected chi connectivity index (χ4v) is 5.38. The highest BCUT2D eigenvalue weighted by molar-refractivity contribution is 6.26. The number of halogens is 1. The van der Waals surface area contributed by atoms with E-state index in [9.17, 15) is 0 Å². The second kappa shape index (κ2) is 7.65. The van der Waals surface area contributed by atoms with Gasteiger partial charge in [-0.1, -0.05) is 79.9 Å². The van der Waals surface area contributed by atoms with Gasteiger partial charge in [0, 0.05) is 0 Å². The maximum atomic E-state index is 7.39. The van der Waals surface area contributed by atoms with Crippen molar-refractivity contribution >= 4 is 22.1 Å². The Kier molecular flexibility index (Phi) is 5.57. The van der Waals surface area contributed by atoms with Crippen molar-refractivity contribution in [1.82, 2.24) is 0 Å². The van der Waals surface area contributed by atoms with E-state index >= 15 is 0 Å². The molecule has 0 spiro atoms. The van der Waals surface area contributed by atoms with Crippen LogP contribution in [0, 0.1) is 5.92 Å². The lowest BCUT2D eigenvalue weighted by Crippen LogP contribution is -2.43. The SMILES string of the molecule is [SiH3]OC(C1CCCCC1)C(Cl)(c1ccccc1)c1ccccc1. The molecule has 1 aliphatic carbocycles. The van der Waals surface area contributed by atoms with E-state index in [1.807, 2.05) is 12.1 Å². The van der Waals surface area contributed by atoms with Gasteiger partial charge in [0.15, 0.2) is 0 Å². The summed E-state index contributed by atoms with van der Waals surface area (Å²) in [6.45, 7) is 0. The minimum Gasteiger partial charge on any atom is -0.422 e. The standard InChI is InChI=1S/C20H25ClOSi/c21-20(17-12-6-2-7-13-17,18-14-8-3-9-15-18)19(22-23)16-10-4-1-5-11-16/h2-3,6-9,12-16,19H,1,4-5,10-11H2,23H3. The first-order chi connectivity index (χ1) is 11.3. The van der Waals surface area contributed by atoms with Crippen LogP contribution in [0.2, 0.25) is 0 Å². The normalized spacial score (nSPS) is 18.0. The van der Waals surface area contributed by atoms with Gasteiger partial charge in [-0.25, -0.2) is 0 Å². The van der Waals surface area contributed by atoms with Crippen molar-refractivity contribution in [1.29, 1.82) is 0 Å². The predicted molar refractivity (Wildman–Crippen MR) is 101 cm³/mol. The van der Waals surface area contributed by atoms with Gasteiger partial charge < -0.3 is 4.43 Å². The Hall–Kier alpha value is -1.09. The summed E-state index contributed by atoms with van der Waals surface area (Å²) in [6.07, 6.45) is 6.42. The van der Waals surface area contributed by atoms with Crippen LogP contribution in [-0.2, 0) is 9.30 Å². The summed E-state index contributed by atoms with van der Waals surface area (Å²) in [7, 11) is 0.704. The zero-order valence-electron chi connectivity index (χ0n) is 13.7. The zero-order chi connectivity index (χ0) is 16.1. The highest BCUT2D eigenvalue weighted by Crippen LogP contribution is 2.46. The van der Waals surface area contributed by atoms with Crippen molar-refractivity contribution in [2.75, 3.05) is 0 Å². The summed E-state index contributed by atoms with van der Waals surface area (Å²) >= 11 is 7.39.